The summed E-state index contributed by atoms with van der Waals surface area (Å²) in [5, 5.41) is 0.103. The standard InChI is InChI=1S/C19H30O3Si/c1-15(2)21-18(20)14-13-17(16-11-9-8-10-12-16)22-23(6,7)19(3,4)5/h8-15,17H,1-7H3/b14-13+. The van der Waals surface area contributed by atoms with E-state index in [9.17, 15) is 4.79 Å². The topological polar surface area (TPSA) is 35.5 Å². The van der Waals surface area contributed by atoms with Crippen LogP contribution in [0.3, 0.4) is 0 Å². The summed E-state index contributed by atoms with van der Waals surface area (Å²) in [4.78, 5) is 11.8. The Balaban J connectivity index is 3.00. The summed E-state index contributed by atoms with van der Waals surface area (Å²) >= 11 is 0. The predicted molar refractivity (Wildman–Crippen MR) is 97.8 cm³/mol. The van der Waals surface area contributed by atoms with Crippen molar-refractivity contribution in [3.63, 3.8) is 0 Å². The summed E-state index contributed by atoms with van der Waals surface area (Å²) in [5.41, 5.74) is 1.05. The Kier molecular flexibility index (Phi) is 6.78. The average Bonchev–Trinajstić information content (AvgIpc) is 2.42. The Hall–Kier alpha value is -1.39. The molecular formula is C19H30O3Si. The average molecular weight is 335 g/mol. The van der Waals surface area contributed by atoms with Crippen LogP contribution in [-0.4, -0.2) is 20.4 Å². The third kappa shape index (κ3) is 6.32. The predicted octanol–water partition coefficient (Wildman–Crippen LogP) is 5.26. The molecular weight excluding hydrogens is 304 g/mol. The minimum Gasteiger partial charge on any atom is -0.460 e. The third-order valence-corrected chi connectivity index (χ3v) is 8.57. The second kappa shape index (κ2) is 7.93. The number of carbonyl (C=O) groups excluding carboxylic acids is 1. The van der Waals surface area contributed by atoms with Crippen molar-refractivity contribution in [2.45, 2.75) is 65.0 Å². The molecule has 0 aliphatic rings. The molecule has 0 aliphatic heterocycles. The number of ether oxygens (including phenoxy) is 1. The van der Waals surface area contributed by atoms with Crippen molar-refractivity contribution in [3.8, 4) is 0 Å². The molecule has 1 rings (SSSR count). The monoisotopic (exact) mass is 334 g/mol. The number of hydrogen-bond acceptors (Lipinski definition) is 3. The Morgan fingerprint density at radius 2 is 1.70 bits per heavy atom. The molecule has 23 heavy (non-hydrogen) atoms. The van der Waals surface area contributed by atoms with E-state index < -0.39 is 8.32 Å². The van der Waals surface area contributed by atoms with E-state index in [0.717, 1.165) is 5.56 Å². The van der Waals surface area contributed by atoms with E-state index in [4.69, 9.17) is 9.16 Å². The zero-order valence-corrected chi connectivity index (χ0v) is 16.4. The van der Waals surface area contributed by atoms with Crippen LogP contribution in [0.1, 0.15) is 46.3 Å². The van der Waals surface area contributed by atoms with Crippen molar-refractivity contribution < 1.29 is 14.0 Å². The zero-order valence-electron chi connectivity index (χ0n) is 15.4. The summed E-state index contributed by atoms with van der Waals surface area (Å²) in [6, 6.07) is 9.99. The first kappa shape index (κ1) is 19.7. The molecule has 128 valence electrons. The fourth-order valence-corrected chi connectivity index (χ4v) is 3.00. The van der Waals surface area contributed by atoms with Crippen LogP contribution < -0.4 is 0 Å². The van der Waals surface area contributed by atoms with Gasteiger partial charge < -0.3 is 9.16 Å². The lowest BCUT2D eigenvalue weighted by molar-refractivity contribution is -0.141. The van der Waals surface area contributed by atoms with Crippen LogP contribution in [0.25, 0.3) is 0 Å². The van der Waals surface area contributed by atoms with Crippen LogP contribution in [0.15, 0.2) is 42.5 Å². The maximum absolute atomic E-state index is 11.8. The molecule has 4 heteroatoms. The molecule has 1 aromatic rings. The van der Waals surface area contributed by atoms with Gasteiger partial charge in [-0.05, 0) is 43.6 Å². The Morgan fingerprint density at radius 1 is 1.13 bits per heavy atom. The molecule has 0 fully saturated rings. The van der Waals surface area contributed by atoms with Crippen LogP contribution in [-0.2, 0) is 14.0 Å². The van der Waals surface area contributed by atoms with Crippen LogP contribution >= 0.6 is 0 Å². The molecule has 1 unspecified atom stereocenters. The molecule has 0 N–H and O–H groups in total. The highest BCUT2D eigenvalue weighted by atomic mass is 28.4. The van der Waals surface area contributed by atoms with Crippen molar-refractivity contribution in [3.05, 3.63) is 48.0 Å². The van der Waals surface area contributed by atoms with E-state index in [1.807, 2.05) is 44.2 Å². The lowest BCUT2D eigenvalue weighted by Crippen LogP contribution is -2.41. The van der Waals surface area contributed by atoms with Gasteiger partial charge in [0.1, 0.15) is 0 Å². The summed E-state index contributed by atoms with van der Waals surface area (Å²) in [6.07, 6.45) is 2.92. The fraction of sp³-hybridized carbons (Fsp3) is 0.526. The van der Waals surface area contributed by atoms with Gasteiger partial charge in [-0.3, -0.25) is 0 Å². The highest BCUT2D eigenvalue weighted by molar-refractivity contribution is 6.74. The van der Waals surface area contributed by atoms with Crippen molar-refractivity contribution >= 4 is 14.3 Å². The highest BCUT2D eigenvalue weighted by Gasteiger charge is 2.39. The van der Waals surface area contributed by atoms with Crippen LogP contribution in [0.5, 0.6) is 0 Å². The largest absolute Gasteiger partial charge is 0.460 e. The van der Waals surface area contributed by atoms with Gasteiger partial charge in [0.25, 0.3) is 0 Å². The molecule has 1 aromatic carbocycles. The number of hydrogen-bond donors (Lipinski definition) is 0. The minimum atomic E-state index is -1.96. The van der Waals surface area contributed by atoms with E-state index in [1.165, 1.54) is 6.08 Å². The van der Waals surface area contributed by atoms with Gasteiger partial charge in [0.2, 0.25) is 0 Å². The second-order valence-electron chi connectivity index (χ2n) is 7.55. The molecule has 0 spiro atoms. The van der Waals surface area contributed by atoms with Gasteiger partial charge in [0.15, 0.2) is 8.32 Å². The summed E-state index contributed by atoms with van der Waals surface area (Å²) < 4.78 is 11.7. The molecule has 0 bridgehead atoms. The molecule has 3 nitrogen and oxygen atoms in total. The summed E-state index contributed by atoms with van der Waals surface area (Å²) in [6.45, 7) is 14.7. The lowest BCUT2D eigenvalue weighted by atomic mass is 10.1. The zero-order chi connectivity index (χ0) is 17.7. The van der Waals surface area contributed by atoms with Crippen molar-refractivity contribution in [2.75, 3.05) is 0 Å². The molecule has 0 amide bonds. The van der Waals surface area contributed by atoms with E-state index in [1.54, 1.807) is 6.08 Å². The van der Waals surface area contributed by atoms with Gasteiger partial charge >= 0.3 is 5.97 Å². The highest BCUT2D eigenvalue weighted by Crippen LogP contribution is 2.40. The maximum atomic E-state index is 11.8. The second-order valence-corrected chi connectivity index (χ2v) is 12.3. The number of esters is 1. The maximum Gasteiger partial charge on any atom is 0.330 e. The van der Waals surface area contributed by atoms with Gasteiger partial charge in [-0.1, -0.05) is 51.1 Å². The van der Waals surface area contributed by atoms with E-state index in [2.05, 4.69) is 33.9 Å². The van der Waals surface area contributed by atoms with Crippen molar-refractivity contribution in [1.29, 1.82) is 0 Å². The quantitative estimate of drug-likeness (QED) is 0.404. The molecule has 0 radical (unpaired) electrons. The van der Waals surface area contributed by atoms with Gasteiger partial charge in [-0.2, -0.15) is 0 Å². The van der Waals surface area contributed by atoms with Crippen molar-refractivity contribution in [2.24, 2.45) is 0 Å². The van der Waals surface area contributed by atoms with Crippen LogP contribution in [0.4, 0.5) is 0 Å². The first-order valence-electron chi connectivity index (χ1n) is 8.14. The number of benzene rings is 1. The molecule has 0 saturated heterocycles. The first-order chi connectivity index (χ1) is 10.5. The number of carbonyl (C=O) groups is 1. The van der Waals surface area contributed by atoms with E-state index in [0.29, 0.717) is 0 Å². The molecule has 0 aliphatic carbocycles. The Bertz CT molecular complexity index is 527. The first-order valence-corrected chi connectivity index (χ1v) is 11.1. The normalized spacial score (nSPS) is 14.3. The fourth-order valence-electron chi connectivity index (χ4n) is 1.79. The minimum absolute atomic E-state index is 0.103. The van der Waals surface area contributed by atoms with E-state index >= 15 is 0 Å². The summed E-state index contributed by atoms with van der Waals surface area (Å²) in [7, 11) is -1.96. The van der Waals surface area contributed by atoms with Crippen molar-refractivity contribution in [1.82, 2.24) is 0 Å². The molecule has 0 heterocycles. The van der Waals surface area contributed by atoms with Crippen LogP contribution in [0, 0.1) is 0 Å². The van der Waals surface area contributed by atoms with Gasteiger partial charge in [0, 0.05) is 6.08 Å². The lowest BCUT2D eigenvalue weighted by Gasteiger charge is -2.38. The van der Waals surface area contributed by atoms with Gasteiger partial charge in [0.05, 0.1) is 12.2 Å². The molecule has 0 aromatic heterocycles. The number of rotatable bonds is 6. The van der Waals surface area contributed by atoms with E-state index in [-0.39, 0.29) is 23.2 Å². The Labute approximate surface area is 141 Å². The van der Waals surface area contributed by atoms with Gasteiger partial charge in [-0.25, -0.2) is 4.79 Å². The molecule has 1 atom stereocenters. The molecule has 0 saturated carbocycles. The SMILES string of the molecule is CC(C)OC(=O)/C=C/C(O[Si](C)(C)C(C)(C)C)c1ccccc1. The smallest absolute Gasteiger partial charge is 0.330 e. The van der Waals surface area contributed by atoms with Crippen LogP contribution in [0.2, 0.25) is 18.1 Å². The van der Waals surface area contributed by atoms with Gasteiger partial charge in [-0.15, -0.1) is 0 Å². The third-order valence-electron chi connectivity index (χ3n) is 4.11. The summed E-state index contributed by atoms with van der Waals surface area (Å²) in [5.74, 6) is -0.334. The Morgan fingerprint density at radius 3 is 2.17 bits per heavy atom.